The molecule has 3 rings (SSSR count). The summed E-state index contributed by atoms with van der Waals surface area (Å²) in [6, 6.07) is 7.68. The Bertz CT molecular complexity index is 488. The number of aromatic nitrogens is 1. The Balaban J connectivity index is 2.01. The van der Waals surface area contributed by atoms with Crippen molar-refractivity contribution in [2.75, 3.05) is 0 Å². The van der Waals surface area contributed by atoms with E-state index in [-0.39, 0.29) is 0 Å². The quantitative estimate of drug-likeness (QED) is 0.766. The van der Waals surface area contributed by atoms with Crippen LogP contribution in [0.25, 0.3) is 11.3 Å². The van der Waals surface area contributed by atoms with Gasteiger partial charge in [-0.2, -0.15) is 0 Å². The number of halogens is 1. The van der Waals surface area contributed by atoms with Crippen LogP contribution in [0.4, 0.5) is 0 Å². The molecule has 15 heavy (non-hydrogen) atoms. The molecule has 1 aliphatic rings. The summed E-state index contributed by atoms with van der Waals surface area (Å²) in [7, 11) is 0. The lowest BCUT2D eigenvalue weighted by molar-refractivity contribution is 0.497. The van der Waals surface area contributed by atoms with Crippen LogP contribution in [0, 0.1) is 0 Å². The maximum absolute atomic E-state index is 6.08. The van der Waals surface area contributed by atoms with Gasteiger partial charge in [-0.3, -0.25) is 0 Å². The highest BCUT2D eigenvalue weighted by Crippen LogP contribution is 2.40. The van der Waals surface area contributed by atoms with Gasteiger partial charge in [0.05, 0.1) is 5.02 Å². The maximum Gasteiger partial charge on any atom is 0.197 e. The highest BCUT2D eigenvalue weighted by molar-refractivity contribution is 6.33. The molecular formula is C12H10ClNO. The van der Waals surface area contributed by atoms with Crippen molar-refractivity contribution in [3.8, 4) is 11.3 Å². The highest BCUT2D eigenvalue weighted by atomic mass is 35.5. The van der Waals surface area contributed by atoms with E-state index in [0.717, 1.165) is 17.1 Å². The second kappa shape index (κ2) is 3.38. The predicted molar refractivity (Wildman–Crippen MR) is 58.9 cm³/mol. The van der Waals surface area contributed by atoms with Gasteiger partial charge in [-0.1, -0.05) is 29.8 Å². The summed E-state index contributed by atoms with van der Waals surface area (Å²) in [6.07, 6.45) is 4.08. The van der Waals surface area contributed by atoms with Crippen molar-refractivity contribution in [2.45, 2.75) is 18.8 Å². The molecule has 0 saturated heterocycles. The SMILES string of the molecule is Clc1ccccc1-c1coc(C2CC2)n1. The van der Waals surface area contributed by atoms with E-state index in [9.17, 15) is 0 Å². The van der Waals surface area contributed by atoms with Gasteiger partial charge in [0.1, 0.15) is 12.0 Å². The van der Waals surface area contributed by atoms with E-state index >= 15 is 0 Å². The molecule has 2 aromatic rings. The van der Waals surface area contributed by atoms with Crippen LogP contribution in [0.1, 0.15) is 24.7 Å². The van der Waals surface area contributed by atoms with Crippen molar-refractivity contribution in [3.05, 3.63) is 41.4 Å². The molecule has 1 saturated carbocycles. The zero-order valence-corrected chi connectivity index (χ0v) is 8.87. The molecule has 76 valence electrons. The Morgan fingerprint density at radius 2 is 2.07 bits per heavy atom. The number of nitrogens with zero attached hydrogens (tertiary/aromatic N) is 1. The molecule has 0 atom stereocenters. The van der Waals surface area contributed by atoms with E-state index in [1.165, 1.54) is 12.8 Å². The molecule has 1 heterocycles. The number of rotatable bonds is 2. The molecule has 1 fully saturated rings. The summed E-state index contributed by atoms with van der Waals surface area (Å²) in [5.41, 5.74) is 1.78. The average Bonchev–Trinajstić information content (AvgIpc) is 2.99. The Morgan fingerprint density at radius 3 is 2.80 bits per heavy atom. The van der Waals surface area contributed by atoms with Crippen LogP contribution >= 0.6 is 11.6 Å². The van der Waals surface area contributed by atoms with Crippen LogP contribution in [0.2, 0.25) is 5.02 Å². The summed E-state index contributed by atoms with van der Waals surface area (Å²) in [5.74, 6) is 1.39. The molecule has 1 aliphatic carbocycles. The van der Waals surface area contributed by atoms with E-state index < -0.39 is 0 Å². The van der Waals surface area contributed by atoms with Gasteiger partial charge in [-0.25, -0.2) is 4.98 Å². The van der Waals surface area contributed by atoms with Gasteiger partial charge >= 0.3 is 0 Å². The van der Waals surface area contributed by atoms with Gasteiger partial charge < -0.3 is 4.42 Å². The molecule has 3 heteroatoms. The zero-order valence-electron chi connectivity index (χ0n) is 8.11. The first-order valence-electron chi connectivity index (χ1n) is 5.05. The maximum atomic E-state index is 6.08. The first kappa shape index (κ1) is 8.98. The van der Waals surface area contributed by atoms with Crippen molar-refractivity contribution in [1.29, 1.82) is 0 Å². The standard InChI is InChI=1S/C12H10ClNO/c13-10-4-2-1-3-9(10)11-7-15-12(14-11)8-5-6-8/h1-4,7-8H,5-6H2. The molecule has 0 spiro atoms. The third kappa shape index (κ3) is 1.65. The summed E-state index contributed by atoms with van der Waals surface area (Å²) in [5, 5.41) is 0.716. The number of hydrogen-bond donors (Lipinski definition) is 0. The average molecular weight is 220 g/mol. The van der Waals surface area contributed by atoms with Gasteiger partial charge in [0.2, 0.25) is 0 Å². The van der Waals surface area contributed by atoms with Crippen molar-refractivity contribution in [3.63, 3.8) is 0 Å². The monoisotopic (exact) mass is 219 g/mol. The Labute approximate surface area is 92.9 Å². The summed E-state index contributed by atoms with van der Waals surface area (Å²) >= 11 is 6.08. The van der Waals surface area contributed by atoms with Crippen molar-refractivity contribution in [1.82, 2.24) is 4.98 Å². The van der Waals surface area contributed by atoms with Gasteiger partial charge in [0.25, 0.3) is 0 Å². The van der Waals surface area contributed by atoms with E-state index in [1.807, 2.05) is 24.3 Å². The van der Waals surface area contributed by atoms with Gasteiger partial charge in [-0.15, -0.1) is 0 Å². The van der Waals surface area contributed by atoms with Gasteiger partial charge in [0.15, 0.2) is 5.89 Å². The minimum Gasteiger partial charge on any atom is -0.448 e. The summed E-state index contributed by atoms with van der Waals surface area (Å²) in [4.78, 5) is 4.45. The third-order valence-corrected chi connectivity index (χ3v) is 2.93. The van der Waals surface area contributed by atoms with Crippen LogP contribution in [-0.4, -0.2) is 4.98 Å². The molecular weight excluding hydrogens is 210 g/mol. The lowest BCUT2D eigenvalue weighted by Crippen LogP contribution is -1.81. The first-order valence-corrected chi connectivity index (χ1v) is 5.43. The lowest BCUT2D eigenvalue weighted by Gasteiger charge is -1.97. The fraction of sp³-hybridized carbons (Fsp3) is 0.250. The van der Waals surface area contributed by atoms with Gasteiger partial charge in [-0.05, 0) is 18.9 Å². The van der Waals surface area contributed by atoms with E-state index in [0.29, 0.717) is 10.9 Å². The molecule has 0 N–H and O–H groups in total. The first-order chi connectivity index (χ1) is 7.34. The predicted octanol–water partition coefficient (Wildman–Crippen LogP) is 3.87. The normalized spacial score (nSPS) is 15.5. The molecule has 0 radical (unpaired) electrons. The minimum atomic E-state index is 0.543. The fourth-order valence-electron chi connectivity index (χ4n) is 1.60. The summed E-state index contributed by atoms with van der Waals surface area (Å²) < 4.78 is 5.43. The minimum absolute atomic E-state index is 0.543. The van der Waals surface area contributed by atoms with E-state index in [2.05, 4.69) is 4.98 Å². The van der Waals surface area contributed by atoms with Crippen molar-refractivity contribution in [2.24, 2.45) is 0 Å². The molecule has 0 bridgehead atoms. The Kier molecular flexibility index (Phi) is 2.03. The topological polar surface area (TPSA) is 26.0 Å². The summed E-state index contributed by atoms with van der Waals surface area (Å²) in [6.45, 7) is 0. The third-order valence-electron chi connectivity index (χ3n) is 2.60. The Hall–Kier alpha value is -1.28. The molecule has 1 aromatic heterocycles. The van der Waals surface area contributed by atoms with Crippen LogP contribution in [0.15, 0.2) is 34.9 Å². The van der Waals surface area contributed by atoms with E-state index in [4.69, 9.17) is 16.0 Å². The zero-order chi connectivity index (χ0) is 10.3. The second-order valence-electron chi connectivity index (χ2n) is 3.83. The molecule has 0 unspecified atom stereocenters. The molecule has 0 aliphatic heterocycles. The van der Waals surface area contributed by atoms with Crippen molar-refractivity contribution < 1.29 is 4.42 Å². The Morgan fingerprint density at radius 1 is 1.27 bits per heavy atom. The largest absolute Gasteiger partial charge is 0.448 e. The molecule has 0 amide bonds. The lowest BCUT2D eigenvalue weighted by atomic mass is 10.2. The number of benzene rings is 1. The molecule has 2 nitrogen and oxygen atoms in total. The van der Waals surface area contributed by atoms with Crippen LogP contribution in [0.3, 0.4) is 0 Å². The van der Waals surface area contributed by atoms with E-state index in [1.54, 1.807) is 6.26 Å². The van der Waals surface area contributed by atoms with Crippen molar-refractivity contribution >= 4 is 11.6 Å². The van der Waals surface area contributed by atoms with Crippen LogP contribution in [0.5, 0.6) is 0 Å². The number of hydrogen-bond acceptors (Lipinski definition) is 2. The highest BCUT2D eigenvalue weighted by Gasteiger charge is 2.28. The van der Waals surface area contributed by atoms with Crippen LogP contribution in [-0.2, 0) is 0 Å². The molecule has 1 aromatic carbocycles. The fourth-order valence-corrected chi connectivity index (χ4v) is 1.83. The van der Waals surface area contributed by atoms with Gasteiger partial charge in [0, 0.05) is 11.5 Å². The smallest absolute Gasteiger partial charge is 0.197 e. The number of oxazole rings is 1. The second-order valence-corrected chi connectivity index (χ2v) is 4.23. The van der Waals surface area contributed by atoms with Crippen LogP contribution < -0.4 is 0 Å².